The highest BCUT2D eigenvalue weighted by Gasteiger charge is 2.40. The van der Waals surface area contributed by atoms with Crippen molar-refractivity contribution in [2.24, 2.45) is 0 Å². The van der Waals surface area contributed by atoms with E-state index >= 15 is 0 Å². The summed E-state index contributed by atoms with van der Waals surface area (Å²) in [5.41, 5.74) is 3.15. The summed E-state index contributed by atoms with van der Waals surface area (Å²) < 4.78 is 8.44. The molecule has 5 rings (SSSR count). The molecule has 0 spiro atoms. The van der Waals surface area contributed by atoms with E-state index in [4.69, 9.17) is 14.5 Å². The molecule has 1 saturated heterocycles. The van der Waals surface area contributed by atoms with Gasteiger partial charge in [-0.05, 0) is 66.8 Å². The average Bonchev–Trinajstić information content (AvgIpc) is 3.51. The number of hydrogen-bond donors (Lipinski definition) is 0. The van der Waals surface area contributed by atoms with Gasteiger partial charge in [-0.15, -0.1) is 0 Å². The van der Waals surface area contributed by atoms with Gasteiger partial charge < -0.3 is 9.42 Å². The Bertz CT molecular complexity index is 1130. The first-order valence-corrected chi connectivity index (χ1v) is 12.1. The molecule has 1 fully saturated rings. The molecule has 0 radical (unpaired) electrons. The number of rotatable bonds is 7. The lowest BCUT2D eigenvalue weighted by Crippen LogP contribution is -2.30. The Morgan fingerprint density at radius 3 is 2.84 bits per heavy atom. The van der Waals surface area contributed by atoms with Crippen LogP contribution in [0, 0.1) is 0 Å². The molecule has 32 heavy (non-hydrogen) atoms. The molecule has 4 heterocycles. The maximum absolute atomic E-state index is 13.4. The molecule has 2 aliphatic heterocycles. The Morgan fingerprint density at radius 2 is 2.06 bits per heavy atom. The van der Waals surface area contributed by atoms with E-state index in [1.165, 1.54) is 0 Å². The lowest BCUT2D eigenvalue weighted by atomic mass is 10.1. The molecule has 8 nitrogen and oxygen atoms in total. The summed E-state index contributed by atoms with van der Waals surface area (Å²) >= 11 is 3.58. The second-order valence-corrected chi connectivity index (χ2v) is 9.28. The summed E-state index contributed by atoms with van der Waals surface area (Å²) in [5.74, 6) is 1.13. The van der Waals surface area contributed by atoms with Gasteiger partial charge in [0.25, 0.3) is 5.91 Å². The second kappa shape index (κ2) is 8.78. The third-order valence-corrected chi connectivity index (χ3v) is 6.88. The summed E-state index contributed by atoms with van der Waals surface area (Å²) in [4.78, 5) is 27.1. The third kappa shape index (κ3) is 3.57. The van der Waals surface area contributed by atoms with E-state index in [1.54, 1.807) is 6.33 Å². The van der Waals surface area contributed by atoms with Crippen LogP contribution in [0.5, 0.6) is 0 Å². The van der Waals surface area contributed by atoms with Crippen molar-refractivity contribution >= 4 is 21.8 Å². The number of amides is 1. The zero-order valence-corrected chi connectivity index (χ0v) is 20.0. The van der Waals surface area contributed by atoms with Gasteiger partial charge in [0.15, 0.2) is 0 Å². The first-order valence-electron chi connectivity index (χ1n) is 11.3. The summed E-state index contributed by atoms with van der Waals surface area (Å²) in [6.07, 6.45) is 5.79. The number of nitrogens with zero attached hydrogens (tertiary/aromatic N) is 6. The largest absolute Gasteiger partial charge is 0.337 e. The predicted molar refractivity (Wildman–Crippen MR) is 123 cm³/mol. The van der Waals surface area contributed by atoms with Crippen LogP contribution in [0.3, 0.4) is 0 Å². The number of halogens is 1. The number of carbonyl (C=O) groups is 1. The van der Waals surface area contributed by atoms with Crippen LogP contribution < -0.4 is 0 Å². The van der Waals surface area contributed by atoms with Gasteiger partial charge in [0.2, 0.25) is 11.7 Å². The Kier molecular flexibility index (Phi) is 5.86. The number of aromatic nitrogens is 4. The van der Waals surface area contributed by atoms with Crippen LogP contribution >= 0.6 is 15.9 Å². The van der Waals surface area contributed by atoms with Crippen LogP contribution in [0.15, 0.2) is 33.5 Å². The lowest BCUT2D eigenvalue weighted by molar-refractivity contribution is 0.0738. The van der Waals surface area contributed by atoms with E-state index in [9.17, 15) is 4.79 Å². The zero-order valence-electron chi connectivity index (χ0n) is 18.4. The molecule has 9 heteroatoms. The van der Waals surface area contributed by atoms with Gasteiger partial charge in [0.1, 0.15) is 12.0 Å². The minimum atomic E-state index is -0.0575. The first kappa shape index (κ1) is 21.3. The van der Waals surface area contributed by atoms with E-state index in [0.29, 0.717) is 29.5 Å². The smallest absolute Gasteiger partial charge is 0.257 e. The lowest BCUT2D eigenvalue weighted by Gasteiger charge is -2.22. The summed E-state index contributed by atoms with van der Waals surface area (Å²) in [5, 5.41) is 4.28. The molecule has 0 saturated carbocycles. The maximum atomic E-state index is 13.4. The van der Waals surface area contributed by atoms with E-state index < -0.39 is 0 Å². The van der Waals surface area contributed by atoms with Crippen LogP contribution in [0.4, 0.5) is 0 Å². The second-order valence-electron chi connectivity index (χ2n) is 8.43. The summed E-state index contributed by atoms with van der Waals surface area (Å²) in [6, 6.07) is 5.76. The Labute approximate surface area is 195 Å². The van der Waals surface area contributed by atoms with Crippen LogP contribution in [-0.4, -0.2) is 55.0 Å². The van der Waals surface area contributed by atoms with Crippen molar-refractivity contribution in [3.8, 4) is 17.2 Å². The Balaban J connectivity index is 1.56. The monoisotopic (exact) mass is 498 g/mol. The van der Waals surface area contributed by atoms with Crippen molar-refractivity contribution in [1.82, 2.24) is 29.5 Å². The van der Waals surface area contributed by atoms with E-state index in [1.807, 2.05) is 27.7 Å². The maximum Gasteiger partial charge on any atom is 0.257 e. The fraction of sp³-hybridized carbons (Fsp3) is 0.478. The normalized spacial score (nSPS) is 17.4. The number of fused-ring (bicyclic) bond motifs is 5. The van der Waals surface area contributed by atoms with Gasteiger partial charge in [-0.1, -0.05) is 25.1 Å². The highest BCUT2D eigenvalue weighted by molar-refractivity contribution is 9.10. The number of hydrogen-bond acceptors (Lipinski definition) is 6. The first-order chi connectivity index (χ1) is 15.6. The molecule has 1 amide bonds. The number of imidazole rings is 1. The standard InChI is InChI=1S/C23H27BrN6O2/c1-3-10-28(11-4-2)13-18-26-22(27-32-18)20-21-17-9-6-12-29(17)23(31)19-15(24)7-5-8-16(19)30(21)14-25-20/h5,7-8,14,17H,3-4,6,9-13H2,1-2H3. The minimum Gasteiger partial charge on any atom is -0.337 e. The molecule has 1 aromatic carbocycles. The van der Waals surface area contributed by atoms with Crippen molar-refractivity contribution in [2.75, 3.05) is 19.6 Å². The highest BCUT2D eigenvalue weighted by Crippen LogP contribution is 2.43. The molecule has 2 aliphatic rings. The molecule has 2 aromatic heterocycles. The number of benzene rings is 1. The fourth-order valence-electron chi connectivity index (χ4n) is 4.91. The summed E-state index contributed by atoms with van der Waals surface area (Å²) in [7, 11) is 0. The average molecular weight is 499 g/mol. The molecular formula is C23H27BrN6O2. The van der Waals surface area contributed by atoms with Crippen LogP contribution in [-0.2, 0) is 6.54 Å². The van der Waals surface area contributed by atoms with E-state index in [0.717, 1.165) is 61.2 Å². The quantitative estimate of drug-likeness (QED) is 0.473. The highest BCUT2D eigenvalue weighted by atomic mass is 79.9. The zero-order chi connectivity index (χ0) is 22.2. The molecule has 3 aromatic rings. The Hall–Kier alpha value is -2.52. The van der Waals surface area contributed by atoms with E-state index in [2.05, 4.69) is 39.8 Å². The van der Waals surface area contributed by atoms with Gasteiger partial charge in [0.05, 0.1) is 29.5 Å². The van der Waals surface area contributed by atoms with Crippen LogP contribution in [0.25, 0.3) is 17.2 Å². The minimum absolute atomic E-state index is 0.0493. The molecular weight excluding hydrogens is 472 g/mol. The van der Waals surface area contributed by atoms with Crippen molar-refractivity contribution in [2.45, 2.75) is 52.1 Å². The molecule has 1 atom stereocenters. The van der Waals surface area contributed by atoms with Gasteiger partial charge in [-0.2, -0.15) is 4.98 Å². The van der Waals surface area contributed by atoms with Crippen LogP contribution in [0.1, 0.15) is 67.5 Å². The number of carbonyl (C=O) groups excluding carboxylic acids is 1. The molecule has 0 bridgehead atoms. The van der Waals surface area contributed by atoms with Crippen molar-refractivity contribution in [3.05, 3.63) is 46.1 Å². The molecule has 168 valence electrons. The van der Waals surface area contributed by atoms with Gasteiger partial charge in [-0.25, -0.2) is 4.98 Å². The van der Waals surface area contributed by atoms with Crippen molar-refractivity contribution < 1.29 is 9.32 Å². The van der Waals surface area contributed by atoms with Gasteiger partial charge >= 0.3 is 0 Å². The van der Waals surface area contributed by atoms with Crippen molar-refractivity contribution in [3.63, 3.8) is 0 Å². The third-order valence-electron chi connectivity index (χ3n) is 6.22. The van der Waals surface area contributed by atoms with E-state index in [-0.39, 0.29) is 11.9 Å². The van der Waals surface area contributed by atoms with Crippen molar-refractivity contribution in [1.29, 1.82) is 0 Å². The topological polar surface area (TPSA) is 80.3 Å². The predicted octanol–water partition coefficient (Wildman–Crippen LogP) is 4.60. The summed E-state index contributed by atoms with van der Waals surface area (Å²) in [6.45, 7) is 7.71. The van der Waals surface area contributed by atoms with Gasteiger partial charge in [-0.3, -0.25) is 14.3 Å². The van der Waals surface area contributed by atoms with Crippen LogP contribution in [0.2, 0.25) is 0 Å². The van der Waals surface area contributed by atoms with Gasteiger partial charge in [0, 0.05) is 11.0 Å². The Morgan fingerprint density at radius 1 is 1.25 bits per heavy atom. The molecule has 0 aliphatic carbocycles. The molecule has 1 unspecified atom stereocenters. The SMILES string of the molecule is CCCN(CCC)Cc1nc(-c2ncn3c2C2CCCN2C(=O)c2c(Br)cccc2-3)no1. The fourth-order valence-corrected chi connectivity index (χ4v) is 5.44. The molecule has 0 N–H and O–H groups in total.